The van der Waals surface area contributed by atoms with Gasteiger partial charge in [-0.1, -0.05) is 32.4 Å². The van der Waals surface area contributed by atoms with E-state index in [2.05, 4.69) is 10.6 Å². The molecule has 7 N–H and O–H groups in total. The lowest BCUT2D eigenvalue weighted by molar-refractivity contribution is -0.143. The van der Waals surface area contributed by atoms with E-state index in [0.29, 0.717) is 12.0 Å². The maximum absolute atomic E-state index is 12.5. The Hall–Kier alpha value is -2.65. The summed E-state index contributed by atoms with van der Waals surface area (Å²) in [7, 11) is 0. The average molecular weight is 381 g/mol. The molecule has 9 nitrogen and oxygen atoms in total. The second-order valence-electron chi connectivity index (χ2n) is 6.43. The molecule has 150 valence electrons. The molecule has 0 aliphatic carbocycles. The Labute approximate surface area is 157 Å². The van der Waals surface area contributed by atoms with Gasteiger partial charge in [-0.3, -0.25) is 9.59 Å². The molecule has 0 aromatic heterocycles. The number of rotatable bonds is 10. The summed E-state index contributed by atoms with van der Waals surface area (Å²) >= 11 is 0. The quantitative estimate of drug-likeness (QED) is 0.314. The summed E-state index contributed by atoms with van der Waals surface area (Å²) in [5.41, 5.74) is 6.54. The van der Waals surface area contributed by atoms with Gasteiger partial charge in [0.1, 0.15) is 17.8 Å². The third-order valence-electron chi connectivity index (χ3n) is 4.37. The number of carboxylic acid groups (broad SMARTS) is 1. The van der Waals surface area contributed by atoms with Crippen LogP contribution in [0.2, 0.25) is 0 Å². The minimum absolute atomic E-state index is 0.0498. The lowest BCUT2D eigenvalue weighted by Crippen LogP contribution is -2.56. The zero-order chi connectivity index (χ0) is 20.6. The van der Waals surface area contributed by atoms with Gasteiger partial charge in [0.05, 0.1) is 12.6 Å². The number of phenols is 1. The number of carboxylic acids is 1. The highest BCUT2D eigenvalue weighted by Gasteiger charge is 2.29. The van der Waals surface area contributed by atoms with Crippen LogP contribution < -0.4 is 16.4 Å². The lowest BCUT2D eigenvalue weighted by atomic mass is 9.98. The van der Waals surface area contributed by atoms with Gasteiger partial charge in [-0.25, -0.2) is 4.79 Å². The molecule has 1 rings (SSSR count). The van der Waals surface area contributed by atoms with E-state index in [4.69, 9.17) is 15.9 Å². The molecule has 0 radical (unpaired) electrons. The van der Waals surface area contributed by atoms with Crippen molar-refractivity contribution in [1.82, 2.24) is 10.6 Å². The second-order valence-corrected chi connectivity index (χ2v) is 6.43. The number of aromatic hydroxyl groups is 1. The Balaban J connectivity index is 2.96. The highest BCUT2D eigenvalue weighted by Crippen LogP contribution is 2.12. The van der Waals surface area contributed by atoms with Crippen molar-refractivity contribution in [1.29, 1.82) is 0 Å². The molecule has 1 aromatic rings. The maximum atomic E-state index is 12.5. The van der Waals surface area contributed by atoms with E-state index in [-0.39, 0.29) is 18.1 Å². The number of benzene rings is 1. The van der Waals surface area contributed by atoms with Crippen LogP contribution in [0.15, 0.2) is 24.3 Å². The van der Waals surface area contributed by atoms with Gasteiger partial charge in [0.2, 0.25) is 11.8 Å². The number of aliphatic carboxylic acids is 1. The van der Waals surface area contributed by atoms with Crippen molar-refractivity contribution in [2.45, 2.75) is 44.8 Å². The molecular formula is C18H27N3O6. The molecule has 2 amide bonds. The van der Waals surface area contributed by atoms with E-state index in [0.717, 1.165) is 0 Å². The van der Waals surface area contributed by atoms with Gasteiger partial charge >= 0.3 is 5.97 Å². The number of nitrogens with two attached hydrogens (primary N) is 1. The molecule has 0 aliphatic heterocycles. The second kappa shape index (κ2) is 10.5. The molecule has 0 aliphatic rings. The number of hydrogen-bond donors (Lipinski definition) is 6. The Morgan fingerprint density at radius 3 is 2.11 bits per heavy atom. The molecule has 0 saturated carbocycles. The van der Waals surface area contributed by atoms with E-state index in [9.17, 15) is 19.5 Å². The Morgan fingerprint density at radius 1 is 1.07 bits per heavy atom. The number of aliphatic hydroxyl groups is 1. The van der Waals surface area contributed by atoms with Crippen LogP contribution >= 0.6 is 0 Å². The smallest absolute Gasteiger partial charge is 0.328 e. The van der Waals surface area contributed by atoms with Gasteiger partial charge in [-0.15, -0.1) is 0 Å². The average Bonchev–Trinajstić information content (AvgIpc) is 2.65. The zero-order valence-electron chi connectivity index (χ0n) is 15.4. The van der Waals surface area contributed by atoms with Gasteiger partial charge in [-0.05, 0) is 23.6 Å². The molecule has 4 atom stereocenters. The van der Waals surface area contributed by atoms with Crippen LogP contribution in [0, 0.1) is 5.92 Å². The Kier molecular flexibility index (Phi) is 8.70. The van der Waals surface area contributed by atoms with Crippen LogP contribution in [0.3, 0.4) is 0 Å². The molecule has 0 spiro atoms. The van der Waals surface area contributed by atoms with Crippen LogP contribution in [0.5, 0.6) is 5.75 Å². The molecule has 0 saturated heterocycles. The topological polar surface area (TPSA) is 162 Å². The summed E-state index contributed by atoms with van der Waals surface area (Å²) in [6, 6.07) is 2.63. The van der Waals surface area contributed by atoms with Gasteiger partial charge in [-0.2, -0.15) is 0 Å². The third kappa shape index (κ3) is 6.87. The first-order valence-electron chi connectivity index (χ1n) is 8.67. The molecule has 0 heterocycles. The molecule has 4 unspecified atom stereocenters. The first-order chi connectivity index (χ1) is 12.7. The number of nitrogens with one attached hydrogen (secondary N) is 2. The number of amides is 2. The fraction of sp³-hybridized carbons (Fsp3) is 0.500. The first-order valence-corrected chi connectivity index (χ1v) is 8.67. The van der Waals surface area contributed by atoms with Crippen LogP contribution in [0.25, 0.3) is 0 Å². The summed E-state index contributed by atoms with van der Waals surface area (Å²) in [6.07, 6.45) is 0.734. The highest BCUT2D eigenvalue weighted by molar-refractivity contribution is 5.92. The minimum Gasteiger partial charge on any atom is -0.508 e. The van der Waals surface area contributed by atoms with Crippen molar-refractivity contribution >= 4 is 17.8 Å². The van der Waals surface area contributed by atoms with Crippen molar-refractivity contribution in [3.63, 3.8) is 0 Å². The monoisotopic (exact) mass is 381 g/mol. The van der Waals surface area contributed by atoms with Crippen LogP contribution in [0.4, 0.5) is 0 Å². The number of phenolic OH excluding ortho intramolecular Hbond substituents is 1. The predicted molar refractivity (Wildman–Crippen MR) is 97.8 cm³/mol. The molecule has 9 heteroatoms. The van der Waals surface area contributed by atoms with Crippen molar-refractivity contribution in [2.24, 2.45) is 11.7 Å². The fourth-order valence-corrected chi connectivity index (χ4v) is 2.32. The number of hydrogen-bond acceptors (Lipinski definition) is 6. The molecular weight excluding hydrogens is 354 g/mol. The Bertz CT molecular complexity index is 649. The normalized spacial score (nSPS) is 15.3. The lowest BCUT2D eigenvalue weighted by Gasteiger charge is -2.24. The Morgan fingerprint density at radius 2 is 1.63 bits per heavy atom. The summed E-state index contributed by atoms with van der Waals surface area (Å²) in [4.78, 5) is 35.9. The van der Waals surface area contributed by atoms with E-state index in [1.807, 2.05) is 13.8 Å². The largest absolute Gasteiger partial charge is 0.508 e. The predicted octanol–water partition coefficient (Wildman–Crippen LogP) is -0.645. The number of carbonyl (C=O) groups excluding carboxylic acids is 2. The van der Waals surface area contributed by atoms with E-state index in [1.54, 1.807) is 12.1 Å². The third-order valence-corrected chi connectivity index (χ3v) is 4.37. The summed E-state index contributed by atoms with van der Waals surface area (Å²) in [5, 5.41) is 32.2. The molecule has 0 fully saturated rings. The zero-order valence-corrected chi connectivity index (χ0v) is 15.4. The van der Waals surface area contributed by atoms with Gasteiger partial charge in [0, 0.05) is 6.42 Å². The summed E-state index contributed by atoms with van der Waals surface area (Å²) < 4.78 is 0. The van der Waals surface area contributed by atoms with Crippen LogP contribution in [-0.4, -0.2) is 57.8 Å². The van der Waals surface area contributed by atoms with Crippen LogP contribution in [0.1, 0.15) is 25.8 Å². The van der Waals surface area contributed by atoms with Crippen molar-refractivity contribution < 1.29 is 29.7 Å². The van der Waals surface area contributed by atoms with Gasteiger partial charge in [0.25, 0.3) is 0 Å². The fourth-order valence-electron chi connectivity index (χ4n) is 2.32. The van der Waals surface area contributed by atoms with Crippen LogP contribution in [-0.2, 0) is 20.8 Å². The molecule has 0 bridgehead atoms. The maximum Gasteiger partial charge on any atom is 0.328 e. The van der Waals surface area contributed by atoms with E-state index < -0.39 is 42.5 Å². The SMILES string of the molecule is CCC(C)C(N)C(=O)NC(Cc1ccc(O)cc1)C(=O)NC(CO)C(=O)O. The summed E-state index contributed by atoms with van der Waals surface area (Å²) in [6.45, 7) is 2.91. The number of carbonyl (C=O) groups is 3. The highest BCUT2D eigenvalue weighted by atomic mass is 16.4. The van der Waals surface area contributed by atoms with E-state index in [1.165, 1.54) is 12.1 Å². The van der Waals surface area contributed by atoms with Crippen molar-refractivity contribution in [3.8, 4) is 5.75 Å². The minimum atomic E-state index is -1.49. The van der Waals surface area contributed by atoms with Gasteiger partial charge < -0.3 is 31.7 Å². The van der Waals surface area contributed by atoms with Gasteiger partial charge in [0.15, 0.2) is 0 Å². The summed E-state index contributed by atoms with van der Waals surface area (Å²) in [5.74, 6) is -2.73. The van der Waals surface area contributed by atoms with Crippen molar-refractivity contribution in [2.75, 3.05) is 6.61 Å². The number of aliphatic hydroxyl groups excluding tert-OH is 1. The van der Waals surface area contributed by atoms with Crippen molar-refractivity contribution in [3.05, 3.63) is 29.8 Å². The molecule has 1 aromatic carbocycles. The van der Waals surface area contributed by atoms with E-state index >= 15 is 0 Å². The standard InChI is InChI=1S/C18H27N3O6/c1-3-10(2)15(19)17(25)20-13(8-11-4-6-12(23)7-5-11)16(24)21-14(9-22)18(26)27/h4-7,10,13-15,22-23H,3,8-9,19H2,1-2H3,(H,20,25)(H,21,24)(H,26,27). The first kappa shape index (κ1) is 22.4. The molecule has 27 heavy (non-hydrogen) atoms.